The van der Waals surface area contributed by atoms with Crippen LogP contribution in [0, 0.1) is 11.6 Å². The summed E-state index contributed by atoms with van der Waals surface area (Å²) in [6.45, 7) is 0.443. The molecule has 0 saturated heterocycles. The summed E-state index contributed by atoms with van der Waals surface area (Å²) >= 11 is 0. The zero-order chi connectivity index (χ0) is 12.3. The van der Waals surface area contributed by atoms with Crippen molar-refractivity contribution in [2.75, 3.05) is 0 Å². The fourth-order valence-electron chi connectivity index (χ4n) is 2.29. The number of phenols is 1. The SMILES string of the molecule is Oc1c(F)cc(CNC2CCCCC2)cc1F. The lowest BCUT2D eigenvalue weighted by Crippen LogP contribution is -2.30. The third kappa shape index (κ3) is 3.16. The number of hydrogen-bond donors (Lipinski definition) is 2. The van der Waals surface area contributed by atoms with E-state index in [4.69, 9.17) is 5.11 Å². The molecule has 94 valence electrons. The molecule has 1 saturated carbocycles. The Morgan fingerprint density at radius 1 is 1.12 bits per heavy atom. The highest BCUT2D eigenvalue weighted by atomic mass is 19.1. The Labute approximate surface area is 99.7 Å². The maximum atomic E-state index is 13.1. The smallest absolute Gasteiger partial charge is 0.187 e. The summed E-state index contributed by atoms with van der Waals surface area (Å²) in [6, 6.07) is 2.80. The van der Waals surface area contributed by atoms with Crippen molar-refractivity contribution in [1.82, 2.24) is 5.32 Å². The molecule has 2 N–H and O–H groups in total. The van der Waals surface area contributed by atoms with Gasteiger partial charge in [0.2, 0.25) is 0 Å². The number of nitrogens with one attached hydrogen (secondary N) is 1. The van der Waals surface area contributed by atoms with Crippen molar-refractivity contribution in [3.8, 4) is 5.75 Å². The molecule has 0 amide bonds. The summed E-state index contributed by atoms with van der Waals surface area (Å²) in [6.07, 6.45) is 5.97. The predicted octanol–water partition coefficient (Wildman–Crippen LogP) is 3.09. The molecule has 0 radical (unpaired) electrons. The van der Waals surface area contributed by atoms with Gasteiger partial charge in [-0.3, -0.25) is 0 Å². The third-order valence-corrected chi connectivity index (χ3v) is 3.28. The van der Waals surface area contributed by atoms with E-state index in [1.807, 2.05) is 0 Å². The summed E-state index contributed by atoms with van der Waals surface area (Å²) in [7, 11) is 0. The molecule has 1 aromatic rings. The van der Waals surface area contributed by atoms with E-state index in [0.29, 0.717) is 18.2 Å². The van der Waals surface area contributed by atoms with Crippen molar-refractivity contribution >= 4 is 0 Å². The molecule has 1 fully saturated rings. The first kappa shape index (κ1) is 12.3. The van der Waals surface area contributed by atoms with Gasteiger partial charge in [0.25, 0.3) is 0 Å². The van der Waals surface area contributed by atoms with Crippen LogP contribution in [0.5, 0.6) is 5.75 Å². The number of aromatic hydroxyl groups is 1. The van der Waals surface area contributed by atoms with Crippen molar-refractivity contribution in [2.45, 2.75) is 44.7 Å². The Balaban J connectivity index is 1.94. The molecule has 1 aliphatic carbocycles. The lowest BCUT2D eigenvalue weighted by Gasteiger charge is -2.22. The number of rotatable bonds is 3. The first-order valence-electron chi connectivity index (χ1n) is 6.07. The summed E-state index contributed by atoms with van der Waals surface area (Å²) in [5.74, 6) is -2.69. The van der Waals surface area contributed by atoms with Crippen molar-refractivity contribution in [1.29, 1.82) is 0 Å². The lowest BCUT2D eigenvalue weighted by molar-refractivity contribution is 0.369. The van der Waals surface area contributed by atoms with Crippen molar-refractivity contribution in [2.24, 2.45) is 0 Å². The van der Waals surface area contributed by atoms with Gasteiger partial charge in [-0.25, -0.2) is 8.78 Å². The summed E-state index contributed by atoms with van der Waals surface area (Å²) in [4.78, 5) is 0. The molecule has 0 bridgehead atoms. The maximum Gasteiger partial charge on any atom is 0.187 e. The molecule has 0 atom stereocenters. The molecule has 1 aromatic carbocycles. The normalized spacial score (nSPS) is 17.3. The van der Waals surface area contributed by atoms with Gasteiger partial charge in [-0.15, -0.1) is 0 Å². The summed E-state index contributed by atoms with van der Waals surface area (Å²) in [5, 5.41) is 12.3. The molecule has 1 aliphatic rings. The Morgan fingerprint density at radius 2 is 1.71 bits per heavy atom. The fraction of sp³-hybridized carbons (Fsp3) is 0.538. The van der Waals surface area contributed by atoms with Crippen molar-refractivity contribution in [3.05, 3.63) is 29.3 Å². The topological polar surface area (TPSA) is 32.3 Å². The second-order valence-electron chi connectivity index (χ2n) is 4.62. The van der Waals surface area contributed by atoms with Crippen LogP contribution in [-0.2, 0) is 6.54 Å². The molecular weight excluding hydrogens is 224 g/mol. The molecule has 0 unspecified atom stereocenters. The Hall–Kier alpha value is -1.16. The largest absolute Gasteiger partial charge is 0.503 e. The second kappa shape index (κ2) is 5.45. The molecule has 0 heterocycles. The standard InChI is InChI=1S/C13H17F2NO/c14-11-6-9(7-12(15)13(11)17)8-16-10-4-2-1-3-5-10/h6-7,10,16-17H,1-5,8H2. The van der Waals surface area contributed by atoms with Crippen LogP contribution in [0.1, 0.15) is 37.7 Å². The van der Waals surface area contributed by atoms with Crippen LogP contribution in [0.25, 0.3) is 0 Å². The predicted molar refractivity (Wildman–Crippen MR) is 61.7 cm³/mol. The van der Waals surface area contributed by atoms with E-state index < -0.39 is 17.4 Å². The van der Waals surface area contributed by atoms with E-state index in [2.05, 4.69) is 5.32 Å². The molecule has 4 heteroatoms. The van der Waals surface area contributed by atoms with E-state index in [-0.39, 0.29) is 0 Å². The fourth-order valence-corrected chi connectivity index (χ4v) is 2.29. The minimum absolute atomic E-state index is 0.443. The van der Waals surface area contributed by atoms with Crippen LogP contribution in [0.4, 0.5) is 8.78 Å². The molecule has 17 heavy (non-hydrogen) atoms. The molecular formula is C13H17F2NO. The van der Waals surface area contributed by atoms with Crippen molar-refractivity contribution in [3.63, 3.8) is 0 Å². The molecule has 2 nitrogen and oxygen atoms in total. The van der Waals surface area contributed by atoms with E-state index in [9.17, 15) is 8.78 Å². The van der Waals surface area contributed by atoms with Crippen LogP contribution in [0.15, 0.2) is 12.1 Å². The number of benzene rings is 1. The highest BCUT2D eigenvalue weighted by molar-refractivity contribution is 5.29. The zero-order valence-corrected chi connectivity index (χ0v) is 9.68. The van der Waals surface area contributed by atoms with Crippen molar-refractivity contribution < 1.29 is 13.9 Å². The van der Waals surface area contributed by atoms with Gasteiger partial charge in [-0.05, 0) is 30.5 Å². The van der Waals surface area contributed by atoms with Crippen LogP contribution in [-0.4, -0.2) is 11.1 Å². The average molecular weight is 241 g/mol. The minimum Gasteiger partial charge on any atom is -0.503 e. The highest BCUT2D eigenvalue weighted by Gasteiger charge is 2.14. The first-order valence-corrected chi connectivity index (χ1v) is 6.07. The molecule has 0 spiro atoms. The Kier molecular flexibility index (Phi) is 3.94. The maximum absolute atomic E-state index is 13.1. The van der Waals surface area contributed by atoms with Crippen LogP contribution in [0.2, 0.25) is 0 Å². The Bertz CT molecular complexity index is 366. The van der Waals surface area contributed by atoms with Crippen LogP contribution < -0.4 is 5.32 Å². The number of phenolic OH excluding ortho intramolecular Hbond substituents is 1. The van der Waals surface area contributed by atoms with E-state index in [0.717, 1.165) is 12.8 Å². The summed E-state index contributed by atoms with van der Waals surface area (Å²) in [5.41, 5.74) is 0.531. The lowest BCUT2D eigenvalue weighted by atomic mass is 9.95. The van der Waals surface area contributed by atoms with Crippen LogP contribution >= 0.6 is 0 Å². The number of hydrogen-bond acceptors (Lipinski definition) is 2. The van der Waals surface area contributed by atoms with Gasteiger partial charge >= 0.3 is 0 Å². The monoisotopic (exact) mass is 241 g/mol. The third-order valence-electron chi connectivity index (χ3n) is 3.28. The van der Waals surface area contributed by atoms with Gasteiger partial charge in [0.1, 0.15) is 0 Å². The average Bonchev–Trinajstić information content (AvgIpc) is 2.34. The summed E-state index contributed by atoms with van der Waals surface area (Å²) < 4.78 is 26.2. The molecule has 2 rings (SSSR count). The quantitative estimate of drug-likeness (QED) is 0.852. The van der Waals surface area contributed by atoms with Gasteiger partial charge in [0, 0.05) is 12.6 Å². The Morgan fingerprint density at radius 3 is 2.29 bits per heavy atom. The van der Waals surface area contributed by atoms with Gasteiger partial charge in [-0.1, -0.05) is 19.3 Å². The van der Waals surface area contributed by atoms with E-state index >= 15 is 0 Å². The van der Waals surface area contributed by atoms with Crippen LogP contribution in [0.3, 0.4) is 0 Å². The first-order chi connectivity index (χ1) is 8.16. The van der Waals surface area contributed by atoms with Gasteiger partial charge in [-0.2, -0.15) is 0 Å². The van der Waals surface area contributed by atoms with E-state index in [1.54, 1.807) is 0 Å². The van der Waals surface area contributed by atoms with Gasteiger partial charge in [0.05, 0.1) is 0 Å². The van der Waals surface area contributed by atoms with E-state index in [1.165, 1.54) is 31.4 Å². The highest BCUT2D eigenvalue weighted by Crippen LogP contribution is 2.22. The number of halogens is 2. The zero-order valence-electron chi connectivity index (χ0n) is 9.68. The second-order valence-corrected chi connectivity index (χ2v) is 4.62. The molecule has 0 aromatic heterocycles. The van der Waals surface area contributed by atoms with Gasteiger partial charge < -0.3 is 10.4 Å². The minimum atomic E-state index is -0.898. The van der Waals surface area contributed by atoms with Gasteiger partial charge in [0.15, 0.2) is 17.4 Å². The molecule has 0 aliphatic heterocycles.